The maximum atomic E-state index is 10.6. The fraction of sp³-hybridized carbons (Fsp3) is 0.583. The van der Waals surface area contributed by atoms with Crippen molar-refractivity contribution in [2.75, 3.05) is 23.8 Å². The number of aliphatic carboxylic acids is 1. The Morgan fingerprint density at radius 1 is 1.56 bits per heavy atom. The molecule has 0 spiro atoms. The van der Waals surface area contributed by atoms with Crippen LogP contribution in [0.25, 0.3) is 0 Å². The molecule has 0 radical (unpaired) electrons. The molecule has 0 aliphatic rings. The van der Waals surface area contributed by atoms with Gasteiger partial charge in [-0.1, -0.05) is 0 Å². The second kappa shape index (κ2) is 6.18. The molecule has 0 bridgehead atoms. The number of carboxylic acid groups (broad SMARTS) is 1. The van der Waals surface area contributed by atoms with Gasteiger partial charge in [0.25, 0.3) is 0 Å². The monoisotopic (exact) mass is 252 g/mol. The van der Waals surface area contributed by atoms with Crippen LogP contribution in [0.15, 0.2) is 6.07 Å². The molecule has 0 aliphatic heterocycles. The Bertz CT molecular complexity index is 423. The molecule has 2 N–H and O–H groups in total. The first-order valence-electron chi connectivity index (χ1n) is 5.97. The molecule has 0 amide bonds. The Morgan fingerprint density at radius 3 is 2.78 bits per heavy atom. The molecular weight excluding hydrogens is 232 g/mol. The van der Waals surface area contributed by atoms with Crippen LogP contribution in [0.2, 0.25) is 0 Å². The molecule has 0 aromatic carbocycles. The van der Waals surface area contributed by atoms with Crippen molar-refractivity contribution in [1.29, 1.82) is 0 Å². The van der Waals surface area contributed by atoms with Gasteiger partial charge in [-0.2, -0.15) is 0 Å². The Labute approximate surface area is 107 Å². The summed E-state index contributed by atoms with van der Waals surface area (Å²) in [6, 6.07) is 1.66. The first kappa shape index (κ1) is 14.2. The average Bonchev–Trinajstić information content (AvgIpc) is 2.25. The molecule has 1 atom stereocenters. The van der Waals surface area contributed by atoms with Gasteiger partial charge >= 0.3 is 5.97 Å². The van der Waals surface area contributed by atoms with Crippen molar-refractivity contribution in [1.82, 2.24) is 9.97 Å². The van der Waals surface area contributed by atoms with Gasteiger partial charge in [-0.15, -0.1) is 0 Å². The molecule has 100 valence electrons. The summed E-state index contributed by atoms with van der Waals surface area (Å²) in [5.74, 6) is 1.33. The van der Waals surface area contributed by atoms with Crippen LogP contribution in [0.1, 0.15) is 26.1 Å². The van der Waals surface area contributed by atoms with Crippen LogP contribution < -0.4 is 10.2 Å². The van der Waals surface area contributed by atoms with Gasteiger partial charge in [-0.3, -0.25) is 4.79 Å². The van der Waals surface area contributed by atoms with E-state index < -0.39 is 5.97 Å². The summed E-state index contributed by atoms with van der Waals surface area (Å²) < 4.78 is 0. The van der Waals surface area contributed by atoms with E-state index >= 15 is 0 Å². The van der Waals surface area contributed by atoms with Gasteiger partial charge in [0.2, 0.25) is 0 Å². The van der Waals surface area contributed by atoms with Crippen molar-refractivity contribution in [3.05, 3.63) is 11.9 Å². The lowest BCUT2D eigenvalue weighted by Gasteiger charge is -2.18. The molecule has 0 saturated heterocycles. The first-order chi connectivity index (χ1) is 8.42. The third kappa shape index (κ3) is 4.20. The highest BCUT2D eigenvalue weighted by Gasteiger charge is 2.10. The Balaban J connectivity index is 2.82. The van der Waals surface area contributed by atoms with Crippen LogP contribution in [-0.2, 0) is 4.79 Å². The first-order valence-corrected chi connectivity index (χ1v) is 5.97. The minimum absolute atomic E-state index is 0.0575. The summed E-state index contributed by atoms with van der Waals surface area (Å²) in [7, 11) is 1.95. The SMILES string of the molecule is CCN(C)c1cc(NC(C)CC(=O)O)nc(C)n1. The van der Waals surface area contributed by atoms with Crippen molar-refractivity contribution in [3.8, 4) is 0 Å². The third-order valence-corrected chi connectivity index (χ3v) is 2.56. The molecule has 0 aliphatic carbocycles. The van der Waals surface area contributed by atoms with Crippen LogP contribution in [0.4, 0.5) is 11.6 Å². The summed E-state index contributed by atoms with van der Waals surface area (Å²) in [6.07, 6.45) is 0.0575. The number of carbonyl (C=O) groups is 1. The van der Waals surface area contributed by atoms with Crippen molar-refractivity contribution >= 4 is 17.6 Å². The van der Waals surface area contributed by atoms with Crippen LogP contribution in [0, 0.1) is 6.92 Å². The van der Waals surface area contributed by atoms with Crippen LogP contribution >= 0.6 is 0 Å². The largest absolute Gasteiger partial charge is 0.481 e. The maximum absolute atomic E-state index is 10.6. The minimum atomic E-state index is -0.827. The van der Waals surface area contributed by atoms with Crippen molar-refractivity contribution in [3.63, 3.8) is 0 Å². The van der Waals surface area contributed by atoms with E-state index in [9.17, 15) is 4.79 Å². The molecule has 0 saturated carbocycles. The standard InChI is InChI=1S/C12H20N4O2/c1-5-16(4)11-7-10(14-9(3)15-11)13-8(2)6-12(17)18/h7-8H,5-6H2,1-4H3,(H,17,18)(H,13,14,15). The van der Waals surface area contributed by atoms with E-state index in [0.717, 1.165) is 12.4 Å². The van der Waals surface area contributed by atoms with Crippen molar-refractivity contribution in [2.45, 2.75) is 33.2 Å². The lowest BCUT2D eigenvalue weighted by molar-refractivity contribution is -0.137. The number of hydrogen-bond acceptors (Lipinski definition) is 5. The fourth-order valence-corrected chi connectivity index (χ4v) is 1.55. The molecule has 1 rings (SSSR count). The lowest BCUT2D eigenvalue weighted by Crippen LogP contribution is -2.22. The summed E-state index contributed by atoms with van der Waals surface area (Å²) in [6.45, 7) is 6.52. The molecule has 1 unspecified atom stereocenters. The van der Waals surface area contributed by atoms with Crippen molar-refractivity contribution in [2.24, 2.45) is 0 Å². The second-order valence-electron chi connectivity index (χ2n) is 4.32. The van der Waals surface area contributed by atoms with Gasteiger partial charge in [0.15, 0.2) is 0 Å². The van der Waals surface area contributed by atoms with Crippen LogP contribution in [0.5, 0.6) is 0 Å². The quantitative estimate of drug-likeness (QED) is 0.799. The normalized spacial score (nSPS) is 12.0. The van der Waals surface area contributed by atoms with E-state index in [-0.39, 0.29) is 12.5 Å². The summed E-state index contributed by atoms with van der Waals surface area (Å²) in [5.41, 5.74) is 0. The highest BCUT2D eigenvalue weighted by atomic mass is 16.4. The Hall–Kier alpha value is -1.85. The molecule has 6 nitrogen and oxygen atoms in total. The topological polar surface area (TPSA) is 78.4 Å². The number of anilines is 2. The zero-order chi connectivity index (χ0) is 13.7. The van der Waals surface area contributed by atoms with E-state index in [0.29, 0.717) is 11.6 Å². The highest BCUT2D eigenvalue weighted by molar-refractivity contribution is 5.68. The Kier molecular flexibility index (Phi) is 4.88. The predicted molar refractivity (Wildman–Crippen MR) is 71.1 cm³/mol. The van der Waals surface area contributed by atoms with E-state index in [1.165, 1.54) is 0 Å². The van der Waals surface area contributed by atoms with Crippen molar-refractivity contribution < 1.29 is 9.90 Å². The second-order valence-corrected chi connectivity index (χ2v) is 4.32. The highest BCUT2D eigenvalue weighted by Crippen LogP contribution is 2.15. The van der Waals surface area contributed by atoms with Gasteiger partial charge in [0, 0.05) is 25.7 Å². The van der Waals surface area contributed by atoms with Gasteiger partial charge in [-0.05, 0) is 20.8 Å². The molecule has 6 heteroatoms. The summed E-state index contributed by atoms with van der Waals surface area (Å²) in [4.78, 5) is 21.2. The maximum Gasteiger partial charge on any atom is 0.305 e. The summed E-state index contributed by atoms with van der Waals surface area (Å²) >= 11 is 0. The number of aromatic nitrogens is 2. The average molecular weight is 252 g/mol. The zero-order valence-electron chi connectivity index (χ0n) is 11.3. The number of aryl methyl sites for hydroxylation is 1. The molecule has 1 aromatic heterocycles. The van der Waals surface area contributed by atoms with Gasteiger partial charge < -0.3 is 15.3 Å². The van der Waals surface area contributed by atoms with E-state index in [1.54, 1.807) is 0 Å². The molecular formula is C12H20N4O2. The number of hydrogen-bond donors (Lipinski definition) is 2. The van der Waals surface area contributed by atoms with Gasteiger partial charge in [0.05, 0.1) is 6.42 Å². The van der Waals surface area contributed by atoms with E-state index in [1.807, 2.05) is 38.8 Å². The molecule has 0 fully saturated rings. The van der Waals surface area contributed by atoms with Crippen LogP contribution in [-0.4, -0.2) is 40.7 Å². The number of carboxylic acids is 1. The van der Waals surface area contributed by atoms with Crippen LogP contribution in [0.3, 0.4) is 0 Å². The number of nitrogens with zero attached hydrogens (tertiary/aromatic N) is 3. The fourth-order valence-electron chi connectivity index (χ4n) is 1.55. The molecule has 18 heavy (non-hydrogen) atoms. The molecule has 1 heterocycles. The summed E-state index contributed by atoms with van der Waals surface area (Å²) in [5, 5.41) is 11.8. The van der Waals surface area contributed by atoms with Gasteiger partial charge in [0.1, 0.15) is 17.5 Å². The number of nitrogens with one attached hydrogen (secondary N) is 1. The number of rotatable bonds is 6. The lowest BCUT2D eigenvalue weighted by atomic mass is 10.2. The third-order valence-electron chi connectivity index (χ3n) is 2.56. The minimum Gasteiger partial charge on any atom is -0.481 e. The zero-order valence-corrected chi connectivity index (χ0v) is 11.3. The van der Waals surface area contributed by atoms with E-state index in [2.05, 4.69) is 15.3 Å². The van der Waals surface area contributed by atoms with E-state index in [4.69, 9.17) is 5.11 Å². The van der Waals surface area contributed by atoms with Gasteiger partial charge in [-0.25, -0.2) is 9.97 Å². The predicted octanol–water partition coefficient (Wildman–Crippen LogP) is 1.52. The smallest absolute Gasteiger partial charge is 0.305 e. The Morgan fingerprint density at radius 2 is 2.22 bits per heavy atom. The molecule has 1 aromatic rings.